The maximum Gasteiger partial charge on any atom is 0.255 e. The van der Waals surface area contributed by atoms with E-state index in [1.54, 1.807) is 48.0 Å². The van der Waals surface area contributed by atoms with Gasteiger partial charge in [0.1, 0.15) is 0 Å². The third-order valence-corrected chi connectivity index (χ3v) is 7.70. The second-order valence-electron chi connectivity index (χ2n) is 8.61. The summed E-state index contributed by atoms with van der Waals surface area (Å²) in [6.45, 7) is 0.761. The van der Waals surface area contributed by atoms with E-state index in [9.17, 15) is 9.59 Å². The number of carbonyl (C=O) groups is 2. The van der Waals surface area contributed by atoms with Gasteiger partial charge in [0.15, 0.2) is 0 Å². The monoisotopic (exact) mass is 446 g/mol. The lowest BCUT2D eigenvalue weighted by Gasteiger charge is -2.32. The van der Waals surface area contributed by atoms with Gasteiger partial charge in [-0.2, -0.15) is 0 Å². The van der Waals surface area contributed by atoms with Gasteiger partial charge < -0.3 is 16.0 Å². The summed E-state index contributed by atoms with van der Waals surface area (Å²) < 4.78 is 0. The lowest BCUT2D eigenvalue weighted by atomic mass is 9.95. The Morgan fingerprint density at radius 2 is 1.88 bits per heavy atom. The molecule has 164 valence electrons. The van der Waals surface area contributed by atoms with Crippen LogP contribution in [0.5, 0.6) is 0 Å². The summed E-state index contributed by atoms with van der Waals surface area (Å²) in [4.78, 5) is 33.2. The highest BCUT2D eigenvalue weighted by atomic mass is 32.1. The molecule has 2 aromatic heterocycles. The molecule has 5 rings (SSSR count). The first-order valence-electron chi connectivity index (χ1n) is 11.0. The molecule has 1 saturated heterocycles. The Kier molecular flexibility index (Phi) is 5.53. The Bertz CT molecular complexity index is 1090. The van der Waals surface area contributed by atoms with Gasteiger partial charge in [-0.25, -0.2) is 0 Å². The molecular weight excluding hydrogens is 420 g/mol. The second-order valence-corrected chi connectivity index (χ2v) is 9.55. The van der Waals surface area contributed by atoms with Crippen molar-refractivity contribution in [3.8, 4) is 0 Å². The zero-order chi connectivity index (χ0) is 22.1. The van der Waals surface area contributed by atoms with Crippen LogP contribution in [-0.2, 0) is 10.2 Å². The first kappa shape index (κ1) is 20.8. The van der Waals surface area contributed by atoms with E-state index in [2.05, 4.69) is 16.4 Å². The first-order chi connectivity index (χ1) is 15.6. The Labute approximate surface area is 191 Å². The molecule has 2 aliphatic rings. The molecule has 3 aromatic rings. The number of thiophene rings is 1. The Morgan fingerprint density at radius 3 is 2.53 bits per heavy atom. The SMILES string of the molecule is NC(c1ccc(C(=O)Nc2ccncc2)cc1)C1CCCN1C(=O)C1(c2cccs2)CC1. The zero-order valence-electron chi connectivity index (χ0n) is 17.7. The van der Waals surface area contributed by atoms with E-state index < -0.39 is 0 Å². The Balaban J connectivity index is 1.29. The number of aromatic nitrogens is 1. The van der Waals surface area contributed by atoms with Crippen LogP contribution in [0.2, 0.25) is 0 Å². The van der Waals surface area contributed by atoms with Crippen molar-refractivity contribution in [2.24, 2.45) is 5.73 Å². The molecule has 1 aliphatic heterocycles. The van der Waals surface area contributed by atoms with Crippen LogP contribution in [0.15, 0.2) is 66.3 Å². The summed E-state index contributed by atoms with van der Waals surface area (Å²) in [5.41, 5.74) is 8.54. The topological polar surface area (TPSA) is 88.3 Å². The Morgan fingerprint density at radius 1 is 1.12 bits per heavy atom. The lowest BCUT2D eigenvalue weighted by molar-refractivity contribution is -0.135. The molecule has 3 heterocycles. The standard InChI is InChI=1S/C25H26N4O2S/c26-22(17-5-7-18(8-6-17)23(30)28-19-9-13-27-14-10-19)20-3-1-15-29(20)24(31)25(11-12-25)21-4-2-16-32-21/h2,4-10,13-14,16,20,22H,1,3,11-12,15,26H2,(H,27,28,30). The molecule has 2 atom stereocenters. The first-order valence-corrected chi connectivity index (χ1v) is 11.9. The maximum atomic E-state index is 13.5. The molecule has 2 unspecified atom stereocenters. The summed E-state index contributed by atoms with van der Waals surface area (Å²) >= 11 is 1.67. The number of nitrogens with two attached hydrogens (primary N) is 1. The molecule has 0 spiro atoms. The average molecular weight is 447 g/mol. The van der Waals surface area contributed by atoms with Gasteiger partial charge in [-0.15, -0.1) is 11.3 Å². The number of benzene rings is 1. The van der Waals surface area contributed by atoms with Crippen LogP contribution in [0.4, 0.5) is 5.69 Å². The van der Waals surface area contributed by atoms with Gasteiger partial charge >= 0.3 is 0 Å². The van der Waals surface area contributed by atoms with Gasteiger partial charge in [0.05, 0.1) is 17.5 Å². The number of hydrogen-bond acceptors (Lipinski definition) is 5. The van der Waals surface area contributed by atoms with Crippen molar-refractivity contribution in [2.75, 3.05) is 11.9 Å². The molecule has 7 heteroatoms. The van der Waals surface area contributed by atoms with Gasteiger partial charge in [0, 0.05) is 35.1 Å². The fourth-order valence-corrected chi connectivity index (χ4v) is 5.63. The molecule has 2 fully saturated rings. The fraction of sp³-hybridized carbons (Fsp3) is 0.320. The molecule has 1 saturated carbocycles. The molecule has 6 nitrogen and oxygen atoms in total. The van der Waals surface area contributed by atoms with E-state index >= 15 is 0 Å². The van der Waals surface area contributed by atoms with Crippen LogP contribution in [0.1, 0.15) is 52.5 Å². The molecule has 0 radical (unpaired) electrons. The largest absolute Gasteiger partial charge is 0.337 e. The molecule has 2 amide bonds. The van der Waals surface area contributed by atoms with Crippen molar-refractivity contribution in [2.45, 2.75) is 43.2 Å². The predicted molar refractivity (Wildman–Crippen MR) is 126 cm³/mol. The average Bonchev–Trinajstić information content (AvgIpc) is 3.23. The molecule has 0 bridgehead atoms. The minimum Gasteiger partial charge on any atom is -0.337 e. The highest BCUT2D eigenvalue weighted by Crippen LogP contribution is 2.52. The van der Waals surface area contributed by atoms with Crippen LogP contribution in [-0.4, -0.2) is 34.3 Å². The van der Waals surface area contributed by atoms with Gasteiger partial charge in [-0.1, -0.05) is 18.2 Å². The lowest BCUT2D eigenvalue weighted by Crippen LogP contribution is -2.46. The highest BCUT2D eigenvalue weighted by Gasteiger charge is 2.55. The molecule has 1 aliphatic carbocycles. The number of anilines is 1. The van der Waals surface area contributed by atoms with E-state index in [0.717, 1.165) is 37.8 Å². The number of rotatable bonds is 6. The van der Waals surface area contributed by atoms with Crippen LogP contribution in [0.25, 0.3) is 0 Å². The van der Waals surface area contributed by atoms with E-state index in [4.69, 9.17) is 5.73 Å². The van der Waals surface area contributed by atoms with Crippen LogP contribution in [0.3, 0.4) is 0 Å². The second kappa shape index (κ2) is 8.48. The zero-order valence-corrected chi connectivity index (χ0v) is 18.6. The molecular formula is C25H26N4O2S. The quantitative estimate of drug-likeness (QED) is 0.596. The van der Waals surface area contributed by atoms with Crippen molar-refractivity contribution < 1.29 is 9.59 Å². The van der Waals surface area contributed by atoms with Gasteiger partial charge in [0.2, 0.25) is 5.91 Å². The van der Waals surface area contributed by atoms with Crippen molar-refractivity contribution in [1.29, 1.82) is 0 Å². The fourth-order valence-electron chi connectivity index (χ4n) is 4.65. The van der Waals surface area contributed by atoms with Crippen molar-refractivity contribution in [1.82, 2.24) is 9.88 Å². The predicted octanol–water partition coefficient (Wildman–Crippen LogP) is 4.12. The number of carbonyl (C=O) groups excluding carboxylic acids is 2. The summed E-state index contributed by atoms with van der Waals surface area (Å²) in [5, 5.41) is 4.90. The van der Waals surface area contributed by atoms with E-state index in [1.807, 2.05) is 28.5 Å². The summed E-state index contributed by atoms with van der Waals surface area (Å²) in [7, 11) is 0. The van der Waals surface area contributed by atoms with E-state index in [0.29, 0.717) is 11.3 Å². The van der Waals surface area contributed by atoms with Crippen LogP contribution in [0, 0.1) is 0 Å². The minimum atomic E-state index is -0.328. The number of hydrogen-bond donors (Lipinski definition) is 2. The number of likely N-dealkylation sites (tertiary alicyclic amines) is 1. The third kappa shape index (κ3) is 3.82. The van der Waals surface area contributed by atoms with Crippen molar-refractivity contribution in [3.05, 3.63) is 82.3 Å². The van der Waals surface area contributed by atoms with Gasteiger partial charge in [-0.05, 0) is 67.0 Å². The number of nitrogens with one attached hydrogen (secondary N) is 1. The van der Waals surface area contributed by atoms with Crippen LogP contribution >= 0.6 is 11.3 Å². The highest BCUT2D eigenvalue weighted by molar-refractivity contribution is 7.10. The maximum absolute atomic E-state index is 13.5. The minimum absolute atomic E-state index is 0.0172. The third-order valence-electron chi connectivity index (χ3n) is 6.62. The van der Waals surface area contributed by atoms with Gasteiger partial charge in [0.25, 0.3) is 5.91 Å². The number of pyridine rings is 1. The van der Waals surface area contributed by atoms with E-state index in [1.165, 1.54) is 4.88 Å². The molecule has 32 heavy (non-hydrogen) atoms. The number of nitrogens with zero attached hydrogens (tertiary/aromatic N) is 2. The summed E-state index contributed by atoms with van der Waals surface area (Å²) in [5.74, 6) is 0.0480. The van der Waals surface area contributed by atoms with E-state index in [-0.39, 0.29) is 29.3 Å². The summed E-state index contributed by atoms with van der Waals surface area (Å²) in [6.07, 6.45) is 6.99. The summed E-state index contributed by atoms with van der Waals surface area (Å²) in [6, 6.07) is 14.7. The normalized spacial score (nSPS) is 20.0. The molecule has 1 aromatic carbocycles. The van der Waals surface area contributed by atoms with Crippen molar-refractivity contribution in [3.63, 3.8) is 0 Å². The smallest absolute Gasteiger partial charge is 0.255 e. The Hall–Kier alpha value is -3.03. The van der Waals surface area contributed by atoms with Gasteiger partial charge in [-0.3, -0.25) is 14.6 Å². The van der Waals surface area contributed by atoms with Crippen LogP contribution < -0.4 is 11.1 Å². The molecule has 3 N–H and O–H groups in total. The number of amides is 2. The van der Waals surface area contributed by atoms with Crippen molar-refractivity contribution >= 4 is 28.8 Å².